The topological polar surface area (TPSA) is 66.8 Å². The number of para-hydroxylation sites is 1. The summed E-state index contributed by atoms with van der Waals surface area (Å²) in [7, 11) is 0. The maximum atomic E-state index is 12.0. The van der Waals surface area contributed by atoms with E-state index >= 15 is 0 Å². The van der Waals surface area contributed by atoms with E-state index in [1.807, 2.05) is 37.3 Å². The van der Waals surface area contributed by atoms with Gasteiger partial charge in [-0.25, -0.2) is 0 Å². The lowest BCUT2D eigenvalue weighted by Gasteiger charge is -2.15. The van der Waals surface area contributed by atoms with Crippen molar-refractivity contribution in [1.82, 2.24) is 4.90 Å². The number of rotatable bonds is 6. The van der Waals surface area contributed by atoms with Crippen LogP contribution in [0.25, 0.3) is 0 Å². The highest BCUT2D eigenvalue weighted by Gasteiger charge is 2.36. The molecule has 5 heteroatoms. The molecule has 5 nitrogen and oxygen atoms in total. The van der Waals surface area contributed by atoms with E-state index in [1.165, 1.54) is 0 Å². The molecule has 21 heavy (non-hydrogen) atoms. The summed E-state index contributed by atoms with van der Waals surface area (Å²) in [6.45, 7) is 3.23. The van der Waals surface area contributed by atoms with Gasteiger partial charge < -0.3 is 14.7 Å². The molecule has 1 amide bonds. The number of nitrogens with zero attached hydrogens (tertiary/aromatic N) is 1. The summed E-state index contributed by atoms with van der Waals surface area (Å²) in [6, 6.07) is 9.48. The van der Waals surface area contributed by atoms with E-state index in [0.29, 0.717) is 32.5 Å². The number of carbonyl (C=O) groups is 2. The van der Waals surface area contributed by atoms with Gasteiger partial charge in [-0.3, -0.25) is 9.59 Å². The number of benzene rings is 1. The molecule has 0 unspecified atom stereocenters. The molecule has 1 aliphatic heterocycles. The first-order chi connectivity index (χ1) is 10.1. The molecule has 1 aromatic carbocycles. The van der Waals surface area contributed by atoms with Crippen molar-refractivity contribution in [3.05, 3.63) is 30.3 Å². The number of carboxylic acids is 1. The number of carbonyl (C=O) groups excluding carboxylic acids is 1. The molecule has 0 saturated carbocycles. The van der Waals surface area contributed by atoms with Crippen LogP contribution < -0.4 is 4.74 Å². The summed E-state index contributed by atoms with van der Waals surface area (Å²) >= 11 is 0. The number of carboxylic acid groups (broad SMARTS) is 1. The van der Waals surface area contributed by atoms with Gasteiger partial charge in [0.25, 0.3) is 0 Å². The third-order valence-electron chi connectivity index (χ3n) is 3.83. The zero-order chi connectivity index (χ0) is 15.2. The molecule has 114 valence electrons. The fraction of sp³-hybridized carbons (Fsp3) is 0.500. The quantitative estimate of drug-likeness (QED) is 0.814. The molecule has 1 N–H and O–H groups in total. The first-order valence-corrected chi connectivity index (χ1v) is 7.26. The highest BCUT2D eigenvalue weighted by Crippen LogP contribution is 2.23. The SMILES string of the molecule is C[C@@H]1CN(C(=O)CCCOc2ccccc2)C[C@H]1C(=O)O. The van der Waals surface area contributed by atoms with Crippen molar-refractivity contribution in [2.75, 3.05) is 19.7 Å². The summed E-state index contributed by atoms with van der Waals surface area (Å²) in [5.41, 5.74) is 0. The molecule has 1 heterocycles. The fourth-order valence-corrected chi connectivity index (χ4v) is 2.58. The Hall–Kier alpha value is -2.04. The van der Waals surface area contributed by atoms with Crippen LogP contribution in [0.2, 0.25) is 0 Å². The van der Waals surface area contributed by atoms with Gasteiger partial charge in [0.05, 0.1) is 12.5 Å². The van der Waals surface area contributed by atoms with Gasteiger partial charge in [0, 0.05) is 19.5 Å². The first-order valence-electron chi connectivity index (χ1n) is 7.26. The van der Waals surface area contributed by atoms with Gasteiger partial charge >= 0.3 is 5.97 Å². The largest absolute Gasteiger partial charge is 0.494 e. The van der Waals surface area contributed by atoms with Crippen molar-refractivity contribution in [2.24, 2.45) is 11.8 Å². The molecule has 1 aliphatic rings. The average Bonchev–Trinajstić information content (AvgIpc) is 2.87. The first kappa shape index (κ1) is 15.4. The third-order valence-corrected chi connectivity index (χ3v) is 3.83. The number of amides is 1. The van der Waals surface area contributed by atoms with Gasteiger partial charge in [-0.15, -0.1) is 0 Å². The predicted octanol–water partition coefficient (Wildman–Crippen LogP) is 2.02. The van der Waals surface area contributed by atoms with Crippen LogP contribution in [-0.4, -0.2) is 41.6 Å². The Bertz CT molecular complexity index is 488. The molecule has 1 fully saturated rings. The summed E-state index contributed by atoms with van der Waals surface area (Å²) in [4.78, 5) is 24.7. The van der Waals surface area contributed by atoms with E-state index in [0.717, 1.165) is 5.75 Å². The van der Waals surface area contributed by atoms with Crippen LogP contribution in [-0.2, 0) is 9.59 Å². The minimum absolute atomic E-state index is 0.0160. The van der Waals surface area contributed by atoms with E-state index in [2.05, 4.69) is 0 Å². The molecule has 1 aromatic rings. The number of hydrogen-bond donors (Lipinski definition) is 1. The summed E-state index contributed by atoms with van der Waals surface area (Å²) in [5.74, 6) is -0.417. The monoisotopic (exact) mass is 291 g/mol. The molecular formula is C16H21NO4. The zero-order valence-electron chi connectivity index (χ0n) is 12.2. The van der Waals surface area contributed by atoms with Gasteiger partial charge in [-0.1, -0.05) is 25.1 Å². The Labute approximate surface area is 124 Å². The van der Waals surface area contributed by atoms with Crippen LogP contribution in [0.15, 0.2) is 30.3 Å². The van der Waals surface area contributed by atoms with Crippen LogP contribution in [0.5, 0.6) is 5.75 Å². The van der Waals surface area contributed by atoms with Crippen molar-refractivity contribution in [3.8, 4) is 5.75 Å². The second kappa shape index (κ2) is 7.11. The maximum Gasteiger partial charge on any atom is 0.308 e. The lowest BCUT2D eigenvalue weighted by atomic mass is 9.99. The molecular weight excluding hydrogens is 270 g/mol. The highest BCUT2D eigenvalue weighted by molar-refractivity contribution is 5.78. The van der Waals surface area contributed by atoms with Crippen LogP contribution in [0, 0.1) is 11.8 Å². The molecule has 0 radical (unpaired) electrons. The lowest BCUT2D eigenvalue weighted by molar-refractivity contribution is -0.142. The Morgan fingerprint density at radius 2 is 2.00 bits per heavy atom. The number of aliphatic carboxylic acids is 1. The molecule has 0 spiro atoms. The van der Waals surface area contributed by atoms with E-state index in [-0.39, 0.29) is 11.8 Å². The number of ether oxygens (including phenoxy) is 1. The normalized spacial score (nSPS) is 21.3. The highest BCUT2D eigenvalue weighted by atomic mass is 16.5. The average molecular weight is 291 g/mol. The van der Waals surface area contributed by atoms with Crippen molar-refractivity contribution in [1.29, 1.82) is 0 Å². The molecule has 0 aromatic heterocycles. The minimum Gasteiger partial charge on any atom is -0.494 e. The van der Waals surface area contributed by atoms with Crippen molar-refractivity contribution < 1.29 is 19.4 Å². The van der Waals surface area contributed by atoms with Crippen LogP contribution in [0.1, 0.15) is 19.8 Å². The lowest BCUT2D eigenvalue weighted by Crippen LogP contribution is -2.30. The molecule has 1 saturated heterocycles. The summed E-state index contributed by atoms with van der Waals surface area (Å²) < 4.78 is 5.53. The maximum absolute atomic E-state index is 12.0. The standard InChI is InChI=1S/C16H21NO4/c1-12-10-17(11-14(12)16(19)20)15(18)8-5-9-21-13-6-3-2-4-7-13/h2-4,6-7,12,14H,5,8-11H2,1H3,(H,19,20)/t12-,14-/m1/s1. The Morgan fingerprint density at radius 1 is 1.29 bits per heavy atom. The van der Waals surface area contributed by atoms with Gasteiger partial charge in [-0.2, -0.15) is 0 Å². The van der Waals surface area contributed by atoms with E-state index in [4.69, 9.17) is 9.84 Å². The molecule has 2 rings (SSSR count). The second-order valence-electron chi connectivity index (χ2n) is 5.49. The van der Waals surface area contributed by atoms with E-state index < -0.39 is 11.9 Å². The Morgan fingerprint density at radius 3 is 2.62 bits per heavy atom. The molecule has 0 aliphatic carbocycles. The van der Waals surface area contributed by atoms with Crippen molar-refractivity contribution in [3.63, 3.8) is 0 Å². The second-order valence-corrected chi connectivity index (χ2v) is 5.49. The smallest absolute Gasteiger partial charge is 0.308 e. The summed E-state index contributed by atoms with van der Waals surface area (Å²) in [6.07, 6.45) is 1.03. The van der Waals surface area contributed by atoms with Crippen LogP contribution in [0.3, 0.4) is 0 Å². The van der Waals surface area contributed by atoms with Crippen molar-refractivity contribution in [2.45, 2.75) is 19.8 Å². The third kappa shape index (κ3) is 4.21. The Balaban J connectivity index is 1.69. The van der Waals surface area contributed by atoms with Gasteiger partial charge in [0.2, 0.25) is 5.91 Å². The number of hydrogen-bond acceptors (Lipinski definition) is 3. The van der Waals surface area contributed by atoms with E-state index in [9.17, 15) is 9.59 Å². The Kier molecular flexibility index (Phi) is 5.20. The van der Waals surface area contributed by atoms with Crippen LogP contribution >= 0.6 is 0 Å². The van der Waals surface area contributed by atoms with E-state index in [1.54, 1.807) is 4.90 Å². The van der Waals surface area contributed by atoms with Crippen LogP contribution in [0.4, 0.5) is 0 Å². The molecule has 0 bridgehead atoms. The number of likely N-dealkylation sites (tertiary alicyclic amines) is 1. The van der Waals surface area contributed by atoms with Crippen molar-refractivity contribution >= 4 is 11.9 Å². The summed E-state index contributed by atoms with van der Waals surface area (Å²) in [5, 5.41) is 9.07. The van der Waals surface area contributed by atoms with Gasteiger partial charge in [0.1, 0.15) is 5.75 Å². The van der Waals surface area contributed by atoms with Gasteiger partial charge in [-0.05, 0) is 24.5 Å². The zero-order valence-corrected chi connectivity index (χ0v) is 12.2. The fourth-order valence-electron chi connectivity index (χ4n) is 2.58. The predicted molar refractivity (Wildman–Crippen MR) is 78.0 cm³/mol. The molecule has 2 atom stereocenters. The van der Waals surface area contributed by atoms with Gasteiger partial charge in [0.15, 0.2) is 0 Å². The minimum atomic E-state index is -0.815.